The lowest BCUT2D eigenvalue weighted by molar-refractivity contribution is -0.141. The van der Waals surface area contributed by atoms with Crippen LogP contribution in [0.25, 0.3) is 0 Å². The number of nitrogens with zero attached hydrogens (tertiary/aromatic N) is 4. The fourth-order valence-corrected chi connectivity index (χ4v) is 3.83. The molecule has 2 atom stereocenters. The van der Waals surface area contributed by atoms with Crippen LogP contribution in [0.15, 0.2) is 24.3 Å². The summed E-state index contributed by atoms with van der Waals surface area (Å²) in [6.07, 6.45) is 0.770. The average molecular weight is 391 g/mol. The first kappa shape index (κ1) is 19.6. The predicted octanol–water partition coefficient (Wildman–Crippen LogP) is 2.21. The summed E-state index contributed by atoms with van der Waals surface area (Å²) in [5.41, 5.74) is 1.09. The van der Waals surface area contributed by atoms with E-state index in [1.54, 1.807) is 7.11 Å². The number of hydrogen-bond acceptors (Lipinski definition) is 7. The minimum atomic E-state index is 0.0685. The zero-order chi connectivity index (χ0) is 19.4. The van der Waals surface area contributed by atoms with E-state index in [4.69, 9.17) is 9.47 Å². The van der Waals surface area contributed by atoms with E-state index in [1.165, 1.54) is 11.5 Å². The molecule has 0 radical (unpaired) electrons. The molecule has 0 spiro atoms. The van der Waals surface area contributed by atoms with Gasteiger partial charge in [0.05, 0.1) is 25.9 Å². The number of methoxy groups -OCH3 is 1. The van der Waals surface area contributed by atoms with Gasteiger partial charge in [0, 0.05) is 38.1 Å². The number of carbonyl (C=O) groups is 1. The smallest absolute Gasteiger partial charge is 0.242 e. The number of morpholine rings is 1. The molecule has 1 aromatic carbocycles. The SMILES string of the molecule is COc1cccc(Cc2nsc(N(C)CC(=O)N3CC(C)OC(C)C3)n2)c1. The molecule has 1 saturated heterocycles. The first-order valence-electron chi connectivity index (χ1n) is 9.04. The molecule has 1 aromatic heterocycles. The first-order valence-corrected chi connectivity index (χ1v) is 9.82. The molecule has 7 nitrogen and oxygen atoms in total. The topological polar surface area (TPSA) is 67.8 Å². The Morgan fingerprint density at radius 3 is 2.81 bits per heavy atom. The highest BCUT2D eigenvalue weighted by atomic mass is 32.1. The predicted molar refractivity (Wildman–Crippen MR) is 106 cm³/mol. The van der Waals surface area contributed by atoms with Crippen LogP contribution in [0.5, 0.6) is 5.75 Å². The monoisotopic (exact) mass is 390 g/mol. The Bertz CT molecular complexity index is 772. The first-order chi connectivity index (χ1) is 12.9. The molecule has 0 bridgehead atoms. The van der Waals surface area contributed by atoms with Gasteiger partial charge in [0.15, 0.2) is 0 Å². The van der Waals surface area contributed by atoms with Gasteiger partial charge >= 0.3 is 0 Å². The van der Waals surface area contributed by atoms with Crippen molar-refractivity contribution in [2.75, 3.05) is 38.7 Å². The quantitative estimate of drug-likeness (QED) is 0.753. The van der Waals surface area contributed by atoms with E-state index in [0.29, 0.717) is 19.5 Å². The van der Waals surface area contributed by atoms with Crippen molar-refractivity contribution >= 4 is 22.6 Å². The van der Waals surface area contributed by atoms with Crippen LogP contribution < -0.4 is 9.64 Å². The van der Waals surface area contributed by atoms with Gasteiger partial charge in [-0.15, -0.1) is 0 Å². The van der Waals surface area contributed by atoms with Crippen LogP contribution in [-0.4, -0.2) is 66.2 Å². The van der Waals surface area contributed by atoms with Crippen LogP contribution in [0.3, 0.4) is 0 Å². The third kappa shape index (κ3) is 5.17. The summed E-state index contributed by atoms with van der Waals surface area (Å²) in [4.78, 5) is 20.9. The lowest BCUT2D eigenvalue weighted by Crippen LogP contribution is -2.50. The molecular weight excluding hydrogens is 364 g/mol. The van der Waals surface area contributed by atoms with Gasteiger partial charge in [0.2, 0.25) is 11.0 Å². The fraction of sp³-hybridized carbons (Fsp3) is 0.526. The molecule has 1 amide bonds. The van der Waals surface area contributed by atoms with Crippen LogP contribution in [0.1, 0.15) is 25.2 Å². The number of carbonyl (C=O) groups excluding carboxylic acids is 1. The molecule has 2 aromatic rings. The largest absolute Gasteiger partial charge is 0.497 e. The normalized spacial score (nSPS) is 19.8. The zero-order valence-corrected chi connectivity index (χ0v) is 17.0. The van der Waals surface area contributed by atoms with E-state index >= 15 is 0 Å². The second kappa shape index (κ2) is 8.67. The molecule has 27 heavy (non-hydrogen) atoms. The molecule has 0 saturated carbocycles. The molecule has 0 aliphatic carbocycles. The standard InChI is InChI=1S/C19H26N4O3S/c1-13-10-23(11-14(2)26-13)18(24)12-22(3)19-20-17(21-27-19)9-15-6-5-7-16(8-15)25-4/h5-8,13-14H,9-12H2,1-4H3. The van der Waals surface area contributed by atoms with E-state index in [0.717, 1.165) is 22.3 Å². The van der Waals surface area contributed by atoms with E-state index in [-0.39, 0.29) is 24.7 Å². The Labute approximate surface area is 164 Å². The highest BCUT2D eigenvalue weighted by Crippen LogP contribution is 2.20. The van der Waals surface area contributed by atoms with Gasteiger partial charge in [-0.05, 0) is 31.5 Å². The maximum Gasteiger partial charge on any atom is 0.242 e. The molecule has 3 rings (SSSR count). The Morgan fingerprint density at radius 2 is 2.11 bits per heavy atom. The average Bonchev–Trinajstić information content (AvgIpc) is 3.09. The number of anilines is 1. The summed E-state index contributed by atoms with van der Waals surface area (Å²) in [7, 11) is 3.53. The van der Waals surface area contributed by atoms with E-state index in [2.05, 4.69) is 9.36 Å². The summed E-state index contributed by atoms with van der Waals surface area (Å²) in [5.74, 6) is 1.65. The summed E-state index contributed by atoms with van der Waals surface area (Å²) in [6.45, 7) is 5.54. The molecular formula is C19H26N4O3S. The van der Waals surface area contributed by atoms with E-state index in [1.807, 2.05) is 55.0 Å². The maximum atomic E-state index is 12.6. The summed E-state index contributed by atoms with van der Waals surface area (Å²) in [6, 6.07) is 7.87. The Kier molecular flexibility index (Phi) is 6.28. The molecule has 1 aliphatic heterocycles. The van der Waals surface area contributed by atoms with Crippen molar-refractivity contribution in [2.45, 2.75) is 32.5 Å². The van der Waals surface area contributed by atoms with Gasteiger partial charge in [-0.3, -0.25) is 4.79 Å². The van der Waals surface area contributed by atoms with Gasteiger partial charge in [0.25, 0.3) is 0 Å². The van der Waals surface area contributed by atoms with E-state index in [9.17, 15) is 4.79 Å². The van der Waals surface area contributed by atoms with Crippen molar-refractivity contribution < 1.29 is 14.3 Å². The zero-order valence-electron chi connectivity index (χ0n) is 16.2. The van der Waals surface area contributed by atoms with Crippen molar-refractivity contribution in [3.05, 3.63) is 35.7 Å². The third-order valence-electron chi connectivity index (χ3n) is 4.43. The number of benzene rings is 1. The van der Waals surface area contributed by atoms with Gasteiger partial charge < -0.3 is 19.3 Å². The number of aromatic nitrogens is 2. The Balaban J connectivity index is 1.59. The molecule has 1 fully saturated rings. The lowest BCUT2D eigenvalue weighted by Gasteiger charge is -2.36. The molecule has 8 heteroatoms. The van der Waals surface area contributed by atoms with Crippen molar-refractivity contribution in [1.29, 1.82) is 0 Å². The minimum Gasteiger partial charge on any atom is -0.497 e. The van der Waals surface area contributed by atoms with Crippen molar-refractivity contribution in [1.82, 2.24) is 14.3 Å². The van der Waals surface area contributed by atoms with Crippen molar-refractivity contribution in [3.8, 4) is 5.75 Å². The van der Waals surface area contributed by atoms with Gasteiger partial charge in [0.1, 0.15) is 11.6 Å². The Hall–Kier alpha value is -2.19. The summed E-state index contributed by atoms with van der Waals surface area (Å²) >= 11 is 1.31. The van der Waals surface area contributed by atoms with E-state index < -0.39 is 0 Å². The van der Waals surface area contributed by atoms with Gasteiger partial charge in [-0.1, -0.05) is 12.1 Å². The van der Waals surface area contributed by atoms with Crippen LogP contribution in [-0.2, 0) is 16.0 Å². The third-order valence-corrected chi connectivity index (χ3v) is 5.29. The van der Waals surface area contributed by atoms with Crippen LogP contribution in [0.2, 0.25) is 0 Å². The molecule has 0 N–H and O–H groups in total. The lowest BCUT2D eigenvalue weighted by atomic mass is 10.1. The number of hydrogen-bond donors (Lipinski definition) is 0. The second-order valence-corrected chi connectivity index (χ2v) is 7.66. The molecule has 2 unspecified atom stereocenters. The number of amides is 1. The number of rotatable bonds is 6. The molecule has 1 aliphatic rings. The molecule has 146 valence electrons. The van der Waals surface area contributed by atoms with Crippen molar-refractivity contribution in [3.63, 3.8) is 0 Å². The minimum absolute atomic E-state index is 0.0685. The van der Waals surface area contributed by atoms with Gasteiger partial charge in [-0.2, -0.15) is 4.37 Å². The Morgan fingerprint density at radius 1 is 1.37 bits per heavy atom. The molecule has 2 heterocycles. The van der Waals surface area contributed by atoms with Crippen LogP contribution >= 0.6 is 11.5 Å². The van der Waals surface area contributed by atoms with Crippen LogP contribution in [0, 0.1) is 0 Å². The summed E-state index contributed by atoms with van der Waals surface area (Å²) in [5, 5.41) is 0.746. The van der Waals surface area contributed by atoms with Gasteiger partial charge in [-0.25, -0.2) is 4.98 Å². The number of ether oxygens (including phenoxy) is 2. The highest BCUT2D eigenvalue weighted by Gasteiger charge is 2.26. The van der Waals surface area contributed by atoms with Crippen molar-refractivity contribution in [2.24, 2.45) is 0 Å². The fourth-order valence-electron chi connectivity index (χ4n) is 3.19. The maximum absolute atomic E-state index is 12.6. The highest BCUT2D eigenvalue weighted by molar-refractivity contribution is 7.09. The number of likely N-dealkylation sites (N-methyl/N-ethyl adjacent to an activating group) is 1. The summed E-state index contributed by atoms with van der Waals surface area (Å²) < 4.78 is 15.4. The van der Waals surface area contributed by atoms with Crippen LogP contribution in [0.4, 0.5) is 5.13 Å². The second-order valence-electron chi connectivity index (χ2n) is 6.93.